The average Bonchev–Trinajstić information content (AvgIpc) is 3.17. The maximum Gasteiger partial charge on any atom is 0.345 e. The molecule has 10 rings (SSSR count). The summed E-state index contributed by atoms with van der Waals surface area (Å²) in [6, 6.07) is 40.2. The van der Waals surface area contributed by atoms with Gasteiger partial charge in [-0.25, -0.2) is 9.59 Å². The number of hydrogen-bond acceptors (Lipinski definition) is 7. The van der Waals surface area contributed by atoms with Crippen molar-refractivity contribution in [2.75, 3.05) is 4.90 Å². The molecule has 0 saturated carbocycles. The van der Waals surface area contributed by atoms with E-state index in [0.29, 0.717) is 44.4 Å². The van der Waals surface area contributed by atoms with Crippen LogP contribution in [0.1, 0.15) is 50.3 Å². The molecule has 0 fully saturated rings. The lowest BCUT2D eigenvalue weighted by Gasteiger charge is -2.46. The summed E-state index contributed by atoms with van der Waals surface area (Å²) >= 11 is 0. The molecule has 0 bridgehead atoms. The third-order valence-electron chi connectivity index (χ3n) is 11.1. The van der Waals surface area contributed by atoms with Crippen molar-refractivity contribution in [1.29, 1.82) is 0 Å². The summed E-state index contributed by atoms with van der Waals surface area (Å²) in [6.45, 7) is 10.7. The summed E-state index contributed by atoms with van der Waals surface area (Å²) in [5.41, 5.74) is 12.1. The quantitative estimate of drug-likeness (QED) is 0.133. The van der Waals surface area contributed by atoms with E-state index in [9.17, 15) is 9.59 Å². The monoisotopic (exact) mass is 717 g/mol. The molecule has 1 aliphatic heterocycles. The Bertz CT molecular complexity index is 3020. The fourth-order valence-electron chi connectivity index (χ4n) is 8.90. The molecule has 0 atom stereocenters. The van der Waals surface area contributed by atoms with Gasteiger partial charge >= 0.3 is 11.3 Å². The first-order valence-corrected chi connectivity index (χ1v) is 18.4. The smallest absolute Gasteiger partial charge is 0.345 e. The Labute approximate surface area is 316 Å². The van der Waals surface area contributed by atoms with E-state index in [-0.39, 0.29) is 0 Å². The molecule has 5 aromatic carbocycles. The molecule has 0 unspecified atom stereocenters. The van der Waals surface area contributed by atoms with Gasteiger partial charge in [0.05, 0.1) is 50.3 Å². The van der Waals surface area contributed by atoms with Crippen LogP contribution in [0.2, 0.25) is 0 Å². The van der Waals surface area contributed by atoms with Crippen LogP contribution < -0.4 is 16.2 Å². The highest BCUT2D eigenvalue weighted by atomic mass is 16.4. The van der Waals surface area contributed by atoms with Crippen molar-refractivity contribution >= 4 is 60.8 Å². The molecule has 0 amide bonds. The lowest BCUT2D eigenvalue weighted by atomic mass is 9.65. The van der Waals surface area contributed by atoms with Gasteiger partial charge in [0.2, 0.25) is 0 Å². The molecule has 0 radical (unpaired) electrons. The maximum atomic E-state index is 13.4. The van der Waals surface area contributed by atoms with Crippen molar-refractivity contribution in [3.05, 3.63) is 192 Å². The van der Waals surface area contributed by atoms with Gasteiger partial charge < -0.3 is 13.7 Å². The second-order valence-electron chi connectivity index (χ2n) is 14.8. The van der Waals surface area contributed by atoms with E-state index in [4.69, 9.17) is 18.8 Å². The minimum Gasteiger partial charge on any atom is -0.422 e. The summed E-state index contributed by atoms with van der Waals surface area (Å²) in [5.74, 6) is 0. The highest BCUT2D eigenvalue weighted by Gasteiger charge is 2.49. The fraction of sp³-hybridized carbons (Fsp3) is 0.125. The number of nitrogens with zero attached hydrogens (tertiary/aromatic N) is 3. The SMILES string of the molecule is Cc1cc(C)c(N2c3ccc(C)cc3C(c3ccc4c(=O)oc5ccccc5c4n3)(c3ccc4c(=O)oc5ccccc5c4n3)c3cc(C)ccc32)c(C)c1. The van der Waals surface area contributed by atoms with E-state index in [1.807, 2.05) is 60.7 Å². The molecule has 7 nitrogen and oxygen atoms in total. The molecule has 0 saturated heterocycles. The first-order valence-electron chi connectivity index (χ1n) is 18.4. The molecule has 0 N–H and O–H groups in total. The first-order chi connectivity index (χ1) is 26.6. The zero-order valence-corrected chi connectivity index (χ0v) is 31.0. The van der Waals surface area contributed by atoms with E-state index < -0.39 is 16.7 Å². The fourth-order valence-corrected chi connectivity index (χ4v) is 8.90. The molecule has 9 aromatic rings. The number of benzene rings is 5. The topological polar surface area (TPSA) is 89.4 Å². The van der Waals surface area contributed by atoms with E-state index in [2.05, 4.69) is 88.0 Å². The van der Waals surface area contributed by atoms with Crippen molar-refractivity contribution in [2.45, 2.75) is 40.0 Å². The summed E-state index contributed by atoms with van der Waals surface area (Å²) in [5, 5.41) is 2.26. The lowest BCUT2D eigenvalue weighted by molar-refractivity contribution is 0.569. The van der Waals surface area contributed by atoms with Crippen LogP contribution in [-0.2, 0) is 5.41 Å². The number of anilines is 3. The van der Waals surface area contributed by atoms with E-state index in [0.717, 1.165) is 61.2 Å². The summed E-state index contributed by atoms with van der Waals surface area (Å²) in [6.07, 6.45) is 0. The Morgan fingerprint density at radius 1 is 0.491 bits per heavy atom. The predicted molar refractivity (Wildman–Crippen MR) is 219 cm³/mol. The molecule has 0 aliphatic carbocycles. The zero-order chi connectivity index (χ0) is 37.7. The predicted octanol–water partition coefficient (Wildman–Crippen LogP) is 10.7. The number of pyridine rings is 2. The molecule has 55 heavy (non-hydrogen) atoms. The summed E-state index contributed by atoms with van der Waals surface area (Å²) < 4.78 is 11.5. The van der Waals surface area contributed by atoms with Gasteiger partial charge in [-0.05, 0) is 118 Å². The summed E-state index contributed by atoms with van der Waals surface area (Å²) in [4.78, 5) is 40.3. The Morgan fingerprint density at radius 2 is 0.945 bits per heavy atom. The maximum absolute atomic E-state index is 13.4. The van der Waals surface area contributed by atoms with Crippen LogP contribution in [-0.4, -0.2) is 9.97 Å². The molecule has 5 heterocycles. The van der Waals surface area contributed by atoms with Crippen molar-refractivity contribution in [3.8, 4) is 0 Å². The second-order valence-corrected chi connectivity index (χ2v) is 14.8. The Morgan fingerprint density at radius 3 is 1.42 bits per heavy atom. The average molecular weight is 718 g/mol. The van der Waals surface area contributed by atoms with Gasteiger partial charge in [-0.1, -0.05) is 77.4 Å². The first kappa shape index (κ1) is 32.8. The standard InChI is InChI=1S/C48H35N3O4/c1-26-14-18-37-35(24-26)48(41-20-16-33-43(49-41)31-10-6-8-12-39(31)54-46(33)52,42-21-17-34-44(50-42)32-11-7-9-13-40(32)55-47(34)53)36-25-27(2)15-19-38(36)51(37)45-29(4)22-28(3)23-30(45)5/h6-25H,1-5H3. The van der Waals surface area contributed by atoms with Crippen LogP contribution >= 0.6 is 0 Å². The lowest BCUT2D eigenvalue weighted by Crippen LogP contribution is -2.39. The molecule has 266 valence electrons. The van der Waals surface area contributed by atoms with Crippen LogP contribution in [0, 0.1) is 34.6 Å². The number of rotatable bonds is 3. The van der Waals surface area contributed by atoms with E-state index in [1.165, 1.54) is 5.56 Å². The van der Waals surface area contributed by atoms with Crippen molar-refractivity contribution < 1.29 is 8.83 Å². The molecule has 7 heteroatoms. The van der Waals surface area contributed by atoms with Crippen molar-refractivity contribution in [3.63, 3.8) is 0 Å². The number of aromatic nitrogens is 2. The molecule has 0 spiro atoms. The van der Waals surface area contributed by atoms with Crippen LogP contribution in [0.3, 0.4) is 0 Å². The molecular weight excluding hydrogens is 683 g/mol. The molecular formula is C48H35N3O4. The van der Waals surface area contributed by atoms with E-state index in [1.54, 1.807) is 12.1 Å². The highest BCUT2D eigenvalue weighted by molar-refractivity contribution is 6.03. The second kappa shape index (κ2) is 11.8. The van der Waals surface area contributed by atoms with Crippen LogP contribution in [0.25, 0.3) is 43.7 Å². The van der Waals surface area contributed by atoms with Crippen LogP contribution in [0.15, 0.2) is 140 Å². The third kappa shape index (κ3) is 4.69. The summed E-state index contributed by atoms with van der Waals surface area (Å²) in [7, 11) is 0. The van der Waals surface area contributed by atoms with Gasteiger partial charge in [0.15, 0.2) is 0 Å². The van der Waals surface area contributed by atoms with Gasteiger partial charge in [0.1, 0.15) is 16.6 Å². The van der Waals surface area contributed by atoms with Gasteiger partial charge in [0.25, 0.3) is 0 Å². The van der Waals surface area contributed by atoms with Crippen molar-refractivity contribution in [1.82, 2.24) is 9.97 Å². The Hall–Kier alpha value is -6.86. The minimum atomic E-state index is -1.12. The van der Waals surface area contributed by atoms with E-state index >= 15 is 0 Å². The Kier molecular flexibility index (Phi) is 7.04. The van der Waals surface area contributed by atoms with Gasteiger partial charge in [0, 0.05) is 10.8 Å². The van der Waals surface area contributed by atoms with Crippen LogP contribution in [0.4, 0.5) is 17.1 Å². The molecule has 1 aliphatic rings. The minimum absolute atomic E-state index is 0.393. The van der Waals surface area contributed by atoms with Gasteiger partial charge in [-0.3, -0.25) is 9.97 Å². The Balaban J connectivity index is 1.43. The van der Waals surface area contributed by atoms with Gasteiger partial charge in [-0.2, -0.15) is 0 Å². The third-order valence-corrected chi connectivity index (χ3v) is 11.1. The number of fused-ring (bicyclic) bond motifs is 8. The number of para-hydroxylation sites is 2. The number of aryl methyl sites for hydroxylation is 5. The number of hydrogen-bond donors (Lipinski definition) is 0. The normalized spacial score (nSPS) is 13.4. The zero-order valence-electron chi connectivity index (χ0n) is 31.0. The molecule has 4 aromatic heterocycles. The van der Waals surface area contributed by atoms with Crippen molar-refractivity contribution in [2.24, 2.45) is 0 Å². The highest BCUT2D eigenvalue weighted by Crippen LogP contribution is 2.58. The largest absolute Gasteiger partial charge is 0.422 e. The van der Waals surface area contributed by atoms with Crippen LogP contribution in [0.5, 0.6) is 0 Å². The van der Waals surface area contributed by atoms with Gasteiger partial charge in [-0.15, -0.1) is 0 Å².